The van der Waals surface area contributed by atoms with E-state index >= 15 is 0 Å². The van der Waals surface area contributed by atoms with Gasteiger partial charge >= 0.3 is 5.69 Å². The van der Waals surface area contributed by atoms with Crippen LogP contribution in [0.3, 0.4) is 0 Å². The number of nitrogens with one attached hydrogen (secondary N) is 3. The van der Waals surface area contributed by atoms with Gasteiger partial charge in [-0.05, 0) is 50.5 Å². The molecule has 8 nitrogen and oxygen atoms in total. The summed E-state index contributed by atoms with van der Waals surface area (Å²) in [6.07, 6.45) is 0.703. The van der Waals surface area contributed by atoms with Crippen molar-refractivity contribution in [1.29, 1.82) is 0 Å². The number of nitrogens with zero attached hydrogens (tertiary/aromatic N) is 2. The average molecular weight is 381 g/mol. The van der Waals surface area contributed by atoms with E-state index in [1.807, 2.05) is 13.8 Å². The summed E-state index contributed by atoms with van der Waals surface area (Å²) in [5, 5.41) is 7.13. The maximum atomic E-state index is 12.8. The lowest BCUT2D eigenvalue weighted by atomic mass is 10.0. The van der Waals surface area contributed by atoms with E-state index in [0.717, 1.165) is 17.0 Å². The van der Waals surface area contributed by atoms with Gasteiger partial charge in [-0.25, -0.2) is 4.79 Å². The third kappa shape index (κ3) is 3.80. The SMILES string of the molecule is Cc1n[nH]c(C)c1CCN(C)C(=O)c1cccc(-c2c(C)[nH]c(=O)[nH]c2=O)c1. The molecule has 1 amide bonds. The van der Waals surface area contributed by atoms with Gasteiger partial charge in [0.2, 0.25) is 0 Å². The molecule has 0 saturated carbocycles. The number of benzene rings is 1. The molecule has 0 aliphatic carbocycles. The number of rotatable bonds is 5. The maximum Gasteiger partial charge on any atom is 0.325 e. The topological polar surface area (TPSA) is 115 Å². The number of H-pyrrole nitrogens is 3. The van der Waals surface area contributed by atoms with Crippen LogP contribution in [0.25, 0.3) is 11.1 Å². The van der Waals surface area contributed by atoms with Crippen LogP contribution in [0, 0.1) is 20.8 Å². The minimum absolute atomic E-state index is 0.140. The molecule has 2 heterocycles. The fourth-order valence-electron chi connectivity index (χ4n) is 3.30. The van der Waals surface area contributed by atoms with E-state index < -0.39 is 11.2 Å². The summed E-state index contributed by atoms with van der Waals surface area (Å²) in [6, 6.07) is 6.85. The maximum absolute atomic E-state index is 12.8. The van der Waals surface area contributed by atoms with Gasteiger partial charge in [-0.1, -0.05) is 12.1 Å². The minimum Gasteiger partial charge on any atom is -0.341 e. The molecule has 0 aliphatic rings. The molecule has 0 bridgehead atoms. The number of hydrogen-bond acceptors (Lipinski definition) is 4. The molecule has 3 aromatic rings. The molecule has 146 valence electrons. The van der Waals surface area contributed by atoms with Gasteiger partial charge in [-0.3, -0.25) is 19.7 Å². The molecule has 3 rings (SSSR count). The Morgan fingerprint density at radius 2 is 1.86 bits per heavy atom. The summed E-state index contributed by atoms with van der Waals surface area (Å²) in [5.41, 5.74) is 3.89. The summed E-state index contributed by atoms with van der Waals surface area (Å²) < 4.78 is 0. The summed E-state index contributed by atoms with van der Waals surface area (Å²) >= 11 is 0. The first-order valence-electron chi connectivity index (χ1n) is 8.97. The van der Waals surface area contributed by atoms with Crippen molar-refractivity contribution in [2.75, 3.05) is 13.6 Å². The van der Waals surface area contributed by atoms with Gasteiger partial charge < -0.3 is 9.88 Å². The number of carbonyl (C=O) groups is 1. The van der Waals surface area contributed by atoms with Gasteiger partial charge in [0.15, 0.2) is 0 Å². The molecular formula is C20H23N5O3. The highest BCUT2D eigenvalue weighted by molar-refractivity contribution is 5.95. The van der Waals surface area contributed by atoms with E-state index in [0.29, 0.717) is 35.3 Å². The second-order valence-corrected chi connectivity index (χ2v) is 6.88. The van der Waals surface area contributed by atoms with Crippen LogP contribution in [0.2, 0.25) is 0 Å². The number of aromatic nitrogens is 4. The fraction of sp³-hybridized carbons (Fsp3) is 0.300. The van der Waals surface area contributed by atoms with Crippen LogP contribution in [-0.2, 0) is 6.42 Å². The third-order valence-corrected chi connectivity index (χ3v) is 4.85. The van der Waals surface area contributed by atoms with E-state index in [1.54, 1.807) is 43.1 Å². The van der Waals surface area contributed by atoms with Gasteiger partial charge in [-0.2, -0.15) is 5.10 Å². The largest absolute Gasteiger partial charge is 0.341 e. The number of carbonyl (C=O) groups excluding carboxylic acids is 1. The van der Waals surface area contributed by atoms with E-state index in [1.165, 1.54) is 0 Å². The molecule has 0 spiro atoms. The van der Waals surface area contributed by atoms with Gasteiger partial charge in [0.05, 0.1) is 11.3 Å². The zero-order valence-corrected chi connectivity index (χ0v) is 16.3. The van der Waals surface area contributed by atoms with Gasteiger partial charge in [0, 0.05) is 30.5 Å². The van der Waals surface area contributed by atoms with Crippen molar-refractivity contribution >= 4 is 5.91 Å². The summed E-state index contributed by atoms with van der Waals surface area (Å²) in [5.74, 6) is -0.140. The van der Waals surface area contributed by atoms with E-state index in [2.05, 4.69) is 20.2 Å². The van der Waals surface area contributed by atoms with E-state index in [-0.39, 0.29) is 5.91 Å². The van der Waals surface area contributed by atoms with Crippen LogP contribution in [-0.4, -0.2) is 44.6 Å². The molecular weight excluding hydrogens is 358 g/mol. The number of aromatic amines is 3. The van der Waals surface area contributed by atoms with Crippen molar-refractivity contribution in [2.45, 2.75) is 27.2 Å². The lowest BCUT2D eigenvalue weighted by Crippen LogP contribution is -2.29. The molecule has 1 aromatic carbocycles. The lowest BCUT2D eigenvalue weighted by molar-refractivity contribution is 0.0796. The molecule has 3 N–H and O–H groups in total. The highest BCUT2D eigenvalue weighted by Gasteiger charge is 2.16. The standard InChI is InChI=1S/C20H23N5O3/c1-11-16(12(2)24-23-11)8-9-25(4)19(27)15-7-5-6-14(10-15)17-13(3)21-20(28)22-18(17)26/h5-7,10H,8-9H2,1-4H3,(H,23,24)(H2,21,22,26,28). The van der Waals surface area contributed by atoms with Crippen molar-refractivity contribution in [2.24, 2.45) is 0 Å². The Morgan fingerprint density at radius 3 is 2.50 bits per heavy atom. The Bertz CT molecular complexity index is 1120. The monoisotopic (exact) mass is 381 g/mol. The Morgan fingerprint density at radius 1 is 1.11 bits per heavy atom. The van der Waals surface area contributed by atoms with Crippen LogP contribution in [0.5, 0.6) is 0 Å². The van der Waals surface area contributed by atoms with Crippen molar-refractivity contribution in [3.63, 3.8) is 0 Å². The van der Waals surface area contributed by atoms with Gasteiger partial charge in [-0.15, -0.1) is 0 Å². The minimum atomic E-state index is -0.553. The molecule has 2 aromatic heterocycles. The molecule has 8 heteroatoms. The number of aryl methyl sites for hydroxylation is 3. The number of hydrogen-bond donors (Lipinski definition) is 3. The van der Waals surface area contributed by atoms with Crippen LogP contribution < -0.4 is 11.2 Å². The van der Waals surface area contributed by atoms with Crippen LogP contribution >= 0.6 is 0 Å². The van der Waals surface area contributed by atoms with E-state index in [9.17, 15) is 14.4 Å². The molecule has 28 heavy (non-hydrogen) atoms. The zero-order valence-electron chi connectivity index (χ0n) is 16.3. The van der Waals surface area contributed by atoms with Crippen molar-refractivity contribution in [3.8, 4) is 11.1 Å². The van der Waals surface area contributed by atoms with Crippen molar-refractivity contribution in [1.82, 2.24) is 25.1 Å². The second-order valence-electron chi connectivity index (χ2n) is 6.88. The Labute approximate surface area is 161 Å². The highest BCUT2D eigenvalue weighted by atomic mass is 16.2. The van der Waals surface area contributed by atoms with Crippen molar-refractivity contribution < 1.29 is 4.79 Å². The quantitative estimate of drug-likeness (QED) is 0.624. The lowest BCUT2D eigenvalue weighted by Gasteiger charge is -2.18. The molecule has 0 atom stereocenters. The number of likely N-dealkylation sites (N-methyl/N-ethyl adjacent to an activating group) is 1. The number of amides is 1. The first kappa shape index (κ1) is 19.3. The molecule has 0 unspecified atom stereocenters. The normalized spacial score (nSPS) is 10.9. The first-order valence-corrected chi connectivity index (χ1v) is 8.97. The predicted molar refractivity (Wildman–Crippen MR) is 107 cm³/mol. The van der Waals surface area contributed by atoms with Crippen LogP contribution in [0.4, 0.5) is 0 Å². The Balaban J connectivity index is 1.83. The van der Waals surface area contributed by atoms with Crippen LogP contribution in [0.15, 0.2) is 33.9 Å². The Kier molecular flexibility index (Phi) is 5.30. The summed E-state index contributed by atoms with van der Waals surface area (Å²) in [4.78, 5) is 42.9. The summed E-state index contributed by atoms with van der Waals surface area (Å²) in [7, 11) is 1.75. The first-order chi connectivity index (χ1) is 13.3. The van der Waals surface area contributed by atoms with Gasteiger partial charge in [0.1, 0.15) is 0 Å². The van der Waals surface area contributed by atoms with Gasteiger partial charge in [0.25, 0.3) is 11.5 Å². The molecule has 0 aliphatic heterocycles. The Hall–Kier alpha value is -3.42. The molecule has 0 saturated heterocycles. The van der Waals surface area contributed by atoms with E-state index in [4.69, 9.17) is 0 Å². The predicted octanol–water partition coefficient (Wildman–Crippen LogP) is 1.69. The molecule has 0 fully saturated rings. The zero-order chi connectivity index (χ0) is 20.4. The highest BCUT2D eigenvalue weighted by Crippen LogP contribution is 2.19. The fourth-order valence-corrected chi connectivity index (χ4v) is 3.30. The van der Waals surface area contributed by atoms with Crippen molar-refractivity contribution in [3.05, 3.63) is 73.3 Å². The smallest absolute Gasteiger partial charge is 0.325 e. The molecule has 0 radical (unpaired) electrons. The second kappa shape index (κ2) is 7.67. The average Bonchev–Trinajstić information content (AvgIpc) is 2.96. The third-order valence-electron chi connectivity index (χ3n) is 4.85. The summed E-state index contributed by atoms with van der Waals surface area (Å²) in [6.45, 7) is 6.10. The van der Waals surface area contributed by atoms with Crippen LogP contribution in [0.1, 0.15) is 33.0 Å².